The maximum absolute atomic E-state index is 14.2. The van der Waals surface area contributed by atoms with Crippen LogP contribution in [0.4, 0.5) is 8.78 Å². The minimum absolute atomic E-state index is 0.0956. The molecular weight excluding hydrogens is 426 g/mol. The molecule has 0 aliphatic heterocycles. The number of aromatic nitrogens is 3. The third-order valence-corrected chi connectivity index (χ3v) is 5.53. The Labute approximate surface area is 190 Å². The molecule has 2 aromatic heterocycles. The fourth-order valence-electron chi connectivity index (χ4n) is 3.80. The number of aryl methyl sites for hydroxylation is 2. The van der Waals surface area contributed by atoms with Gasteiger partial charge < -0.3 is 9.42 Å². The fraction of sp³-hybridized carbons (Fsp3) is 0.240. The van der Waals surface area contributed by atoms with Gasteiger partial charge in [0, 0.05) is 37.7 Å². The normalized spacial score (nSPS) is 11.1. The van der Waals surface area contributed by atoms with Gasteiger partial charge in [-0.3, -0.25) is 4.79 Å². The molecule has 0 bridgehead atoms. The Balaban J connectivity index is 1.41. The summed E-state index contributed by atoms with van der Waals surface area (Å²) in [5.74, 6) is -0.866. The second kappa shape index (κ2) is 9.36. The van der Waals surface area contributed by atoms with Crippen LogP contribution in [0.2, 0.25) is 0 Å². The van der Waals surface area contributed by atoms with Crippen LogP contribution in [-0.4, -0.2) is 39.3 Å². The maximum Gasteiger partial charge on any atom is 0.257 e. The molecule has 4 rings (SSSR count). The number of halogens is 2. The quantitative estimate of drug-likeness (QED) is 0.392. The number of rotatable bonds is 7. The molecule has 0 fully saturated rings. The van der Waals surface area contributed by atoms with E-state index in [1.165, 1.54) is 10.7 Å². The van der Waals surface area contributed by atoms with Crippen LogP contribution >= 0.6 is 0 Å². The molecule has 2 heterocycles. The molecule has 0 aliphatic rings. The first-order chi connectivity index (χ1) is 15.8. The summed E-state index contributed by atoms with van der Waals surface area (Å²) < 4.78 is 34.3. The highest BCUT2D eigenvalue weighted by Crippen LogP contribution is 2.23. The van der Waals surface area contributed by atoms with Gasteiger partial charge in [0.05, 0.1) is 17.0 Å². The molecule has 0 aliphatic carbocycles. The lowest BCUT2D eigenvalue weighted by Gasteiger charge is -2.17. The highest BCUT2D eigenvalue weighted by Gasteiger charge is 2.23. The van der Waals surface area contributed by atoms with Gasteiger partial charge in [0.25, 0.3) is 5.91 Å². The van der Waals surface area contributed by atoms with Crippen molar-refractivity contribution in [2.75, 3.05) is 13.6 Å². The number of nitrogens with zero attached hydrogens (tertiary/aromatic N) is 4. The van der Waals surface area contributed by atoms with Gasteiger partial charge in [-0.05, 0) is 32.4 Å². The van der Waals surface area contributed by atoms with E-state index in [4.69, 9.17) is 4.52 Å². The van der Waals surface area contributed by atoms with Crippen LogP contribution < -0.4 is 0 Å². The Morgan fingerprint density at radius 3 is 2.58 bits per heavy atom. The van der Waals surface area contributed by atoms with Gasteiger partial charge in [-0.25, -0.2) is 13.5 Å². The molecule has 33 heavy (non-hydrogen) atoms. The van der Waals surface area contributed by atoms with Crippen molar-refractivity contribution in [3.8, 4) is 16.9 Å². The van der Waals surface area contributed by atoms with Crippen molar-refractivity contribution >= 4 is 5.91 Å². The zero-order valence-corrected chi connectivity index (χ0v) is 18.7. The van der Waals surface area contributed by atoms with Gasteiger partial charge in [0.15, 0.2) is 5.82 Å². The number of benzene rings is 2. The molecule has 0 saturated heterocycles. The van der Waals surface area contributed by atoms with Crippen LogP contribution in [0, 0.1) is 25.5 Å². The number of carbonyl (C=O) groups is 1. The Hall–Kier alpha value is -3.81. The Kier molecular flexibility index (Phi) is 6.35. The SMILES string of the molecule is Cc1nn(-c2ccc(F)cc2F)c(C)c1C(=O)N(C)CCCc1cc(-c2ccccc2)no1. The van der Waals surface area contributed by atoms with Crippen LogP contribution in [0.25, 0.3) is 16.9 Å². The van der Waals surface area contributed by atoms with Crippen molar-refractivity contribution in [1.29, 1.82) is 0 Å². The minimum atomic E-state index is -0.741. The van der Waals surface area contributed by atoms with E-state index in [9.17, 15) is 13.6 Å². The molecule has 0 spiro atoms. The predicted octanol–water partition coefficient (Wildman–Crippen LogP) is 5.13. The summed E-state index contributed by atoms with van der Waals surface area (Å²) in [5, 5.41) is 8.43. The summed E-state index contributed by atoms with van der Waals surface area (Å²) in [7, 11) is 1.72. The van der Waals surface area contributed by atoms with Crippen LogP contribution in [0.15, 0.2) is 59.1 Å². The van der Waals surface area contributed by atoms with Gasteiger partial charge in [0.1, 0.15) is 23.0 Å². The first kappa shape index (κ1) is 22.4. The molecule has 0 radical (unpaired) electrons. The van der Waals surface area contributed by atoms with Gasteiger partial charge in [-0.15, -0.1) is 0 Å². The van der Waals surface area contributed by atoms with Crippen LogP contribution in [0.1, 0.15) is 33.9 Å². The summed E-state index contributed by atoms with van der Waals surface area (Å²) in [6.45, 7) is 3.89. The standard InChI is InChI=1S/C25H24F2N4O2/c1-16-24(17(2)31(28-16)23-12-11-19(26)14-21(23)27)25(32)30(3)13-7-10-20-15-22(29-33-20)18-8-5-4-6-9-18/h4-6,8-9,11-12,14-15H,7,10,13H2,1-3H3. The second-order valence-corrected chi connectivity index (χ2v) is 7.93. The van der Waals surface area contributed by atoms with E-state index in [0.717, 1.165) is 29.2 Å². The molecule has 4 aromatic rings. The van der Waals surface area contributed by atoms with E-state index in [2.05, 4.69) is 10.3 Å². The summed E-state index contributed by atoms with van der Waals surface area (Å²) in [6.07, 6.45) is 1.32. The Bertz CT molecular complexity index is 1280. The average molecular weight is 450 g/mol. The van der Waals surface area contributed by atoms with Crippen molar-refractivity contribution in [1.82, 2.24) is 19.8 Å². The predicted molar refractivity (Wildman–Crippen MR) is 120 cm³/mol. The molecule has 6 nitrogen and oxygen atoms in total. The highest BCUT2D eigenvalue weighted by molar-refractivity contribution is 5.96. The second-order valence-electron chi connectivity index (χ2n) is 7.93. The van der Waals surface area contributed by atoms with Gasteiger partial charge in [-0.1, -0.05) is 35.5 Å². The smallest absolute Gasteiger partial charge is 0.257 e. The molecule has 2 aromatic carbocycles. The molecule has 0 atom stereocenters. The summed E-state index contributed by atoms with van der Waals surface area (Å²) in [5.41, 5.74) is 3.25. The van der Waals surface area contributed by atoms with Crippen LogP contribution in [0.3, 0.4) is 0 Å². The zero-order chi connectivity index (χ0) is 23.5. The maximum atomic E-state index is 14.2. The van der Waals surface area contributed by atoms with Crippen molar-refractivity contribution in [3.63, 3.8) is 0 Å². The summed E-state index contributed by atoms with van der Waals surface area (Å²) in [4.78, 5) is 14.7. The lowest BCUT2D eigenvalue weighted by atomic mass is 10.1. The summed E-state index contributed by atoms with van der Waals surface area (Å²) >= 11 is 0. The highest BCUT2D eigenvalue weighted by atomic mass is 19.1. The van der Waals surface area contributed by atoms with Gasteiger partial charge >= 0.3 is 0 Å². The molecule has 0 unspecified atom stereocenters. The molecular formula is C25H24F2N4O2. The van der Waals surface area contributed by atoms with E-state index in [1.807, 2.05) is 36.4 Å². The first-order valence-corrected chi connectivity index (χ1v) is 10.6. The fourth-order valence-corrected chi connectivity index (χ4v) is 3.80. The lowest BCUT2D eigenvalue weighted by Crippen LogP contribution is -2.29. The van der Waals surface area contributed by atoms with Crippen molar-refractivity contribution in [2.45, 2.75) is 26.7 Å². The van der Waals surface area contributed by atoms with Crippen molar-refractivity contribution in [2.24, 2.45) is 0 Å². The van der Waals surface area contributed by atoms with E-state index < -0.39 is 11.6 Å². The minimum Gasteiger partial charge on any atom is -0.361 e. The van der Waals surface area contributed by atoms with Gasteiger partial charge in [-0.2, -0.15) is 5.10 Å². The van der Waals surface area contributed by atoms with Crippen molar-refractivity contribution in [3.05, 3.63) is 88.9 Å². The monoisotopic (exact) mass is 450 g/mol. The number of amides is 1. The van der Waals surface area contributed by atoms with Crippen LogP contribution in [0.5, 0.6) is 0 Å². The first-order valence-electron chi connectivity index (χ1n) is 10.6. The van der Waals surface area contributed by atoms with E-state index in [-0.39, 0.29) is 11.6 Å². The van der Waals surface area contributed by atoms with E-state index in [0.29, 0.717) is 36.3 Å². The largest absolute Gasteiger partial charge is 0.361 e. The average Bonchev–Trinajstić information content (AvgIpc) is 3.38. The topological polar surface area (TPSA) is 64.2 Å². The Morgan fingerprint density at radius 2 is 1.85 bits per heavy atom. The Morgan fingerprint density at radius 1 is 1.09 bits per heavy atom. The lowest BCUT2D eigenvalue weighted by molar-refractivity contribution is 0.0791. The molecule has 0 saturated carbocycles. The molecule has 170 valence electrons. The number of hydrogen-bond acceptors (Lipinski definition) is 4. The summed E-state index contributed by atoms with van der Waals surface area (Å²) in [6, 6.07) is 15.0. The van der Waals surface area contributed by atoms with Gasteiger partial charge in [0.2, 0.25) is 0 Å². The number of carbonyl (C=O) groups excluding carboxylic acids is 1. The molecule has 0 N–H and O–H groups in total. The number of hydrogen-bond donors (Lipinski definition) is 0. The van der Waals surface area contributed by atoms with Crippen molar-refractivity contribution < 1.29 is 18.1 Å². The molecule has 8 heteroatoms. The van der Waals surface area contributed by atoms with E-state index in [1.54, 1.807) is 25.8 Å². The molecule has 1 amide bonds. The third-order valence-electron chi connectivity index (χ3n) is 5.53. The van der Waals surface area contributed by atoms with E-state index >= 15 is 0 Å². The van der Waals surface area contributed by atoms with Crippen LogP contribution in [-0.2, 0) is 6.42 Å². The third kappa shape index (κ3) is 4.69. The zero-order valence-electron chi connectivity index (χ0n) is 18.7.